The average molecular weight is 472 g/mol. The Hall–Kier alpha value is -3.30. The van der Waals surface area contributed by atoms with Gasteiger partial charge in [-0.2, -0.15) is 0 Å². The van der Waals surface area contributed by atoms with Gasteiger partial charge in [0, 0.05) is 22.6 Å². The van der Waals surface area contributed by atoms with Gasteiger partial charge in [-0.15, -0.1) is 23.1 Å². The lowest BCUT2D eigenvalue weighted by Gasteiger charge is -2.15. The lowest BCUT2D eigenvalue weighted by atomic mass is 10.1. The van der Waals surface area contributed by atoms with E-state index in [2.05, 4.69) is 5.32 Å². The fourth-order valence-electron chi connectivity index (χ4n) is 2.81. The standard InChI is InChI=1S/C23H21NO6S2/c1-28-19-11-16(17(12-20(19)29-2)24-22(26)21-5-4-10-32-21)23(27)30-13-18(25)14-6-8-15(31-3)9-7-14/h4-12H,13H2,1-3H3,(H,24,26). The molecule has 166 valence electrons. The van der Waals surface area contributed by atoms with Gasteiger partial charge in [-0.25, -0.2) is 4.79 Å². The van der Waals surface area contributed by atoms with Gasteiger partial charge in [-0.3, -0.25) is 9.59 Å². The SMILES string of the molecule is COc1cc(NC(=O)c2cccs2)c(C(=O)OCC(=O)c2ccc(SC)cc2)cc1OC. The van der Waals surface area contributed by atoms with Crippen molar-refractivity contribution in [3.8, 4) is 11.5 Å². The minimum Gasteiger partial charge on any atom is -0.493 e. The number of carbonyl (C=O) groups excluding carboxylic acids is 3. The molecular weight excluding hydrogens is 450 g/mol. The predicted molar refractivity (Wildman–Crippen MR) is 125 cm³/mol. The Labute approximate surface area is 193 Å². The van der Waals surface area contributed by atoms with E-state index in [0.717, 1.165) is 4.90 Å². The highest BCUT2D eigenvalue weighted by molar-refractivity contribution is 7.98. The van der Waals surface area contributed by atoms with Crippen molar-refractivity contribution in [1.29, 1.82) is 0 Å². The topological polar surface area (TPSA) is 90.9 Å². The maximum Gasteiger partial charge on any atom is 0.340 e. The third kappa shape index (κ3) is 5.49. The number of amides is 1. The zero-order chi connectivity index (χ0) is 23.1. The molecule has 7 nitrogen and oxygen atoms in total. The molecule has 0 fully saturated rings. The summed E-state index contributed by atoms with van der Waals surface area (Å²) in [6, 6.07) is 13.3. The summed E-state index contributed by atoms with van der Waals surface area (Å²) in [4.78, 5) is 39.3. The third-order valence-electron chi connectivity index (χ3n) is 4.48. The minimum absolute atomic E-state index is 0.0399. The molecule has 0 atom stereocenters. The van der Waals surface area contributed by atoms with E-state index in [1.54, 1.807) is 41.4 Å². The van der Waals surface area contributed by atoms with Crippen LogP contribution in [-0.4, -0.2) is 44.7 Å². The molecule has 0 aliphatic rings. The fourth-order valence-corrected chi connectivity index (χ4v) is 3.84. The van der Waals surface area contributed by atoms with E-state index in [1.807, 2.05) is 18.4 Å². The normalized spacial score (nSPS) is 10.3. The summed E-state index contributed by atoms with van der Waals surface area (Å²) < 4.78 is 15.8. The van der Waals surface area contributed by atoms with E-state index in [9.17, 15) is 14.4 Å². The highest BCUT2D eigenvalue weighted by Crippen LogP contribution is 2.34. The summed E-state index contributed by atoms with van der Waals surface area (Å²) in [5.74, 6) is -0.883. The summed E-state index contributed by atoms with van der Waals surface area (Å²) in [5, 5.41) is 4.47. The van der Waals surface area contributed by atoms with Crippen molar-refractivity contribution in [3.63, 3.8) is 0 Å². The van der Waals surface area contributed by atoms with Crippen LogP contribution in [0.2, 0.25) is 0 Å². The second-order valence-corrected chi connectivity index (χ2v) is 8.24. The fraction of sp³-hybridized carbons (Fsp3) is 0.174. The Morgan fingerprint density at radius 1 is 1.00 bits per heavy atom. The highest BCUT2D eigenvalue weighted by Gasteiger charge is 2.21. The number of anilines is 1. The molecule has 0 spiro atoms. The number of carbonyl (C=O) groups is 3. The van der Waals surface area contributed by atoms with Crippen molar-refractivity contribution in [2.45, 2.75) is 4.90 Å². The van der Waals surface area contributed by atoms with Crippen molar-refractivity contribution in [3.05, 3.63) is 69.9 Å². The first-order valence-electron chi connectivity index (χ1n) is 9.42. The molecule has 9 heteroatoms. The Morgan fingerprint density at radius 3 is 2.28 bits per heavy atom. The number of esters is 1. The first-order chi connectivity index (χ1) is 15.5. The molecule has 0 saturated heterocycles. The Kier molecular flexibility index (Phi) is 7.91. The average Bonchev–Trinajstić information content (AvgIpc) is 3.37. The largest absolute Gasteiger partial charge is 0.493 e. The summed E-state index contributed by atoms with van der Waals surface area (Å²) >= 11 is 2.83. The molecule has 0 aliphatic carbocycles. The quantitative estimate of drug-likeness (QED) is 0.273. The van der Waals surface area contributed by atoms with Crippen LogP contribution >= 0.6 is 23.1 Å². The first-order valence-corrected chi connectivity index (χ1v) is 11.5. The van der Waals surface area contributed by atoms with Crippen LogP contribution in [0.5, 0.6) is 11.5 Å². The molecule has 1 N–H and O–H groups in total. The number of benzene rings is 2. The zero-order valence-corrected chi connectivity index (χ0v) is 19.3. The molecule has 0 radical (unpaired) electrons. The smallest absolute Gasteiger partial charge is 0.340 e. The number of ketones is 1. The summed E-state index contributed by atoms with van der Waals surface area (Å²) in [7, 11) is 2.88. The van der Waals surface area contributed by atoms with Gasteiger partial charge < -0.3 is 19.5 Å². The van der Waals surface area contributed by atoms with Crippen LogP contribution in [0.4, 0.5) is 5.69 Å². The van der Waals surface area contributed by atoms with E-state index in [4.69, 9.17) is 14.2 Å². The number of ether oxygens (including phenoxy) is 3. The predicted octanol–water partition coefficient (Wildman–Crippen LogP) is 4.78. The molecule has 3 aromatic rings. The maximum atomic E-state index is 12.8. The van der Waals surface area contributed by atoms with Crippen LogP contribution in [0, 0.1) is 0 Å². The zero-order valence-electron chi connectivity index (χ0n) is 17.7. The van der Waals surface area contributed by atoms with Crippen LogP contribution in [0.15, 0.2) is 58.8 Å². The number of Topliss-reactive ketones (excluding diaryl/α,β-unsaturated/α-hetero) is 1. The van der Waals surface area contributed by atoms with Gasteiger partial charge in [0.2, 0.25) is 0 Å². The van der Waals surface area contributed by atoms with Gasteiger partial charge in [-0.1, -0.05) is 18.2 Å². The number of thioether (sulfide) groups is 1. The van der Waals surface area contributed by atoms with Crippen molar-refractivity contribution >= 4 is 46.4 Å². The molecule has 3 rings (SSSR count). The van der Waals surface area contributed by atoms with E-state index in [-0.39, 0.29) is 28.7 Å². The van der Waals surface area contributed by atoms with Gasteiger partial charge in [-0.05, 0) is 29.8 Å². The number of hydrogen-bond acceptors (Lipinski definition) is 8. The van der Waals surface area contributed by atoms with Gasteiger partial charge in [0.15, 0.2) is 23.9 Å². The van der Waals surface area contributed by atoms with Gasteiger partial charge in [0.25, 0.3) is 5.91 Å². The van der Waals surface area contributed by atoms with Crippen LogP contribution in [0.3, 0.4) is 0 Å². The van der Waals surface area contributed by atoms with Gasteiger partial charge in [0.05, 0.1) is 30.3 Å². The molecule has 32 heavy (non-hydrogen) atoms. The molecule has 0 bridgehead atoms. The number of methoxy groups -OCH3 is 2. The van der Waals surface area contributed by atoms with Crippen molar-refractivity contribution in [2.75, 3.05) is 32.4 Å². The molecule has 1 aromatic heterocycles. The van der Waals surface area contributed by atoms with Gasteiger partial charge in [0.1, 0.15) is 0 Å². The lowest BCUT2D eigenvalue weighted by molar-refractivity contribution is 0.0475. The third-order valence-corrected chi connectivity index (χ3v) is 6.10. The lowest BCUT2D eigenvalue weighted by Crippen LogP contribution is -2.18. The molecule has 0 saturated carbocycles. The van der Waals surface area contributed by atoms with Gasteiger partial charge >= 0.3 is 5.97 Å². The number of rotatable bonds is 9. The van der Waals surface area contributed by atoms with Crippen LogP contribution in [0.25, 0.3) is 0 Å². The second-order valence-electron chi connectivity index (χ2n) is 6.41. The molecular formula is C23H21NO6S2. The monoisotopic (exact) mass is 471 g/mol. The molecule has 0 aliphatic heterocycles. The van der Waals surface area contributed by atoms with Crippen molar-refractivity contribution in [2.24, 2.45) is 0 Å². The van der Waals surface area contributed by atoms with Crippen LogP contribution in [0.1, 0.15) is 30.4 Å². The Balaban J connectivity index is 1.81. The van der Waals surface area contributed by atoms with Crippen LogP contribution in [-0.2, 0) is 4.74 Å². The summed E-state index contributed by atoms with van der Waals surface area (Å²) in [5.41, 5.74) is 0.662. The van der Waals surface area contributed by atoms with E-state index >= 15 is 0 Å². The minimum atomic E-state index is -0.776. The molecule has 1 amide bonds. The maximum absolute atomic E-state index is 12.8. The molecule has 1 heterocycles. The molecule has 0 unspecified atom stereocenters. The molecule has 2 aromatic carbocycles. The van der Waals surface area contributed by atoms with E-state index in [1.165, 1.54) is 37.7 Å². The second kappa shape index (κ2) is 10.8. The van der Waals surface area contributed by atoms with Crippen LogP contribution < -0.4 is 14.8 Å². The van der Waals surface area contributed by atoms with Crippen molar-refractivity contribution in [1.82, 2.24) is 0 Å². The van der Waals surface area contributed by atoms with E-state index in [0.29, 0.717) is 16.2 Å². The summed E-state index contributed by atoms with van der Waals surface area (Å²) in [6.07, 6.45) is 1.94. The number of thiophene rings is 1. The van der Waals surface area contributed by atoms with E-state index < -0.39 is 12.6 Å². The Bertz CT molecular complexity index is 1110. The number of nitrogens with one attached hydrogen (secondary N) is 1. The summed E-state index contributed by atoms with van der Waals surface area (Å²) in [6.45, 7) is -0.440. The van der Waals surface area contributed by atoms with Crippen molar-refractivity contribution < 1.29 is 28.6 Å². The number of hydrogen-bond donors (Lipinski definition) is 1. The Morgan fingerprint density at radius 2 is 1.69 bits per heavy atom. The highest BCUT2D eigenvalue weighted by atomic mass is 32.2. The first kappa shape index (κ1) is 23.4.